The normalized spacial score (nSPS) is 12.1. The topological polar surface area (TPSA) is 35.5 Å². The fourth-order valence-electron chi connectivity index (χ4n) is 1.64. The van der Waals surface area contributed by atoms with Gasteiger partial charge < -0.3 is 9.16 Å². The van der Waals surface area contributed by atoms with E-state index < -0.39 is 8.32 Å². The van der Waals surface area contributed by atoms with Crippen molar-refractivity contribution in [2.24, 2.45) is 0 Å². The van der Waals surface area contributed by atoms with Gasteiger partial charge in [0.25, 0.3) is 0 Å². The third kappa shape index (κ3) is 4.54. The molecular formula is C17H26O3Si. The monoisotopic (exact) mass is 306 g/mol. The van der Waals surface area contributed by atoms with Crippen molar-refractivity contribution in [3.63, 3.8) is 0 Å². The summed E-state index contributed by atoms with van der Waals surface area (Å²) in [5.74, 6) is -0.340. The molecule has 3 nitrogen and oxygen atoms in total. The molecule has 0 aromatic heterocycles. The van der Waals surface area contributed by atoms with Gasteiger partial charge in [-0.2, -0.15) is 0 Å². The minimum atomic E-state index is -1.81. The van der Waals surface area contributed by atoms with E-state index in [0.29, 0.717) is 12.2 Å². The first kappa shape index (κ1) is 17.7. The largest absolute Gasteiger partial charge is 0.465 e. The Kier molecular flexibility index (Phi) is 5.53. The van der Waals surface area contributed by atoms with Crippen LogP contribution in [-0.4, -0.2) is 21.4 Å². The smallest absolute Gasteiger partial charge is 0.337 e. The highest BCUT2D eigenvalue weighted by atomic mass is 28.4. The number of carbonyl (C=O) groups excluding carboxylic acids is 1. The van der Waals surface area contributed by atoms with Crippen LogP contribution in [0.4, 0.5) is 0 Å². The van der Waals surface area contributed by atoms with Crippen LogP contribution in [-0.2, 0) is 15.8 Å². The Morgan fingerprint density at radius 3 is 2.38 bits per heavy atom. The molecule has 1 aromatic carbocycles. The molecule has 0 N–H and O–H groups in total. The van der Waals surface area contributed by atoms with Crippen LogP contribution < -0.4 is 0 Å². The minimum absolute atomic E-state index is 0.161. The van der Waals surface area contributed by atoms with E-state index in [1.165, 1.54) is 7.11 Å². The van der Waals surface area contributed by atoms with Crippen LogP contribution in [0.2, 0.25) is 18.1 Å². The average molecular weight is 306 g/mol. The molecule has 0 bridgehead atoms. The van der Waals surface area contributed by atoms with Gasteiger partial charge in [0.1, 0.15) is 0 Å². The summed E-state index contributed by atoms with van der Waals surface area (Å²) >= 11 is 0. The molecule has 0 amide bonds. The number of ether oxygens (including phenoxy) is 1. The molecule has 4 heteroatoms. The summed E-state index contributed by atoms with van der Waals surface area (Å²) in [6.45, 7) is 15.3. The molecule has 0 aliphatic carbocycles. The van der Waals surface area contributed by atoms with Crippen molar-refractivity contribution in [2.45, 2.75) is 45.5 Å². The highest BCUT2D eigenvalue weighted by molar-refractivity contribution is 6.74. The van der Waals surface area contributed by atoms with Gasteiger partial charge in [-0.1, -0.05) is 33.4 Å². The molecule has 0 atom stereocenters. The van der Waals surface area contributed by atoms with E-state index in [1.54, 1.807) is 12.1 Å². The number of methoxy groups -OCH3 is 1. The number of carbonyl (C=O) groups is 1. The molecule has 1 aromatic rings. The van der Waals surface area contributed by atoms with Crippen LogP contribution in [0.3, 0.4) is 0 Å². The molecule has 1 rings (SSSR count). The van der Waals surface area contributed by atoms with Crippen molar-refractivity contribution in [3.8, 4) is 0 Å². The van der Waals surface area contributed by atoms with E-state index >= 15 is 0 Å². The molecule has 0 radical (unpaired) electrons. The predicted molar refractivity (Wildman–Crippen MR) is 89.9 cm³/mol. The molecule has 21 heavy (non-hydrogen) atoms. The van der Waals surface area contributed by atoms with Gasteiger partial charge in [-0.15, -0.1) is 0 Å². The summed E-state index contributed by atoms with van der Waals surface area (Å²) < 4.78 is 11.0. The van der Waals surface area contributed by atoms with Crippen LogP contribution in [0.5, 0.6) is 0 Å². The summed E-state index contributed by atoms with van der Waals surface area (Å²) in [4.78, 5) is 11.7. The lowest BCUT2D eigenvalue weighted by Crippen LogP contribution is -2.40. The molecule has 0 spiro atoms. The second-order valence-electron chi connectivity index (χ2n) is 6.71. The van der Waals surface area contributed by atoms with Crippen molar-refractivity contribution < 1.29 is 14.0 Å². The van der Waals surface area contributed by atoms with E-state index in [2.05, 4.69) is 40.4 Å². The molecule has 0 unspecified atom stereocenters. The Labute approximate surface area is 129 Å². The molecule has 0 fully saturated rings. The summed E-state index contributed by atoms with van der Waals surface area (Å²) in [5.41, 5.74) is 2.40. The van der Waals surface area contributed by atoms with Crippen LogP contribution in [0.1, 0.15) is 42.3 Å². The highest BCUT2D eigenvalue weighted by Gasteiger charge is 2.37. The predicted octanol–water partition coefficient (Wildman–Crippen LogP) is 4.64. The average Bonchev–Trinajstić information content (AvgIpc) is 2.42. The van der Waals surface area contributed by atoms with Crippen molar-refractivity contribution in [2.75, 3.05) is 7.11 Å². The minimum Gasteiger partial charge on any atom is -0.465 e. The highest BCUT2D eigenvalue weighted by Crippen LogP contribution is 2.37. The summed E-state index contributed by atoms with van der Waals surface area (Å²) in [6, 6.07) is 5.59. The molecule has 0 aliphatic rings. The van der Waals surface area contributed by atoms with Crippen LogP contribution >= 0.6 is 0 Å². The van der Waals surface area contributed by atoms with E-state index in [9.17, 15) is 4.79 Å². The Hall–Kier alpha value is -1.39. The maximum atomic E-state index is 11.7. The van der Waals surface area contributed by atoms with Crippen molar-refractivity contribution >= 4 is 20.4 Å². The zero-order valence-corrected chi connectivity index (χ0v) is 14.9. The first-order valence-corrected chi connectivity index (χ1v) is 10.0. The molecular weight excluding hydrogens is 280 g/mol. The number of benzene rings is 1. The lowest BCUT2D eigenvalue weighted by Gasteiger charge is -2.36. The van der Waals surface area contributed by atoms with Crippen LogP contribution in [0.25, 0.3) is 6.08 Å². The molecule has 0 saturated heterocycles. The van der Waals surface area contributed by atoms with E-state index in [1.807, 2.05) is 12.1 Å². The van der Waals surface area contributed by atoms with Gasteiger partial charge in [0.15, 0.2) is 8.32 Å². The second-order valence-corrected chi connectivity index (χ2v) is 11.5. The molecule has 116 valence electrons. The standard InChI is InChI=1S/C17H26O3Si/c1-8-13-9-14(11-15(10-13)16(18)19-5)12-20-21(6,7)17(2,3)4/h8-11H,1,12H2,2-7H3. The molecule has 0 aliphatic heterocycles. The zero-order valence-electron chi connectivity index (χ0n) is 13.9. The third-order valence-corrected chi connectivity index (χ3v) is 8.56. The van der Waals surface area contributed by atoms with Gasteiger partial charge in [0.05, 0.1) is 19.3 Å². The number of rotatable bonds is 5. The Morgan fingerprint density at radius 2 is 1.90 bits per heavy atom. The number of esters is 1. The van der Waals surface area contributed by atoms with E-state index in [4.69, 9.17) is 9.16 Å². The third-order valence-electron chi connectivity index (χ3n) is 4.08. The fourth-order valence-corrected chi connectivity index (χ4v) is 2.60. The zero-order chi connectivity index (χ0) is 16.3. The van der Waals surface area contributed by atoms with Crippen molar-refractivity contribution in [3.05, 3.63) is 41.5 Å². The maximum Gasteiger partial charge on any atom is 0.337 e. The first-order valence-electron chi connectivity index (χ1n) is 7.09. The summed E-state index contributed by atoms with van der Waals surface area (Å²) in [5, 5.41) is 0.161. The van der Waals surface area contributed by atoms with Crippen LogP contribution in [0.15, 0.2) is 24.8 Å². The van der Waals surface area contributed by atoms with Gasteiger partial charge >= 0.3 is 5.97 Å². The lowest BCUT2D eigenvalue weighted by atomic mass is 10.1. The first-order chi connectivity index (χ1) is 9.60. The maximum absolute atomic E-state index is 11.7. The van der Waals surface area contributed by atoms with Gasteiger partial charge in [-0.05, 0) is 47.5 Å². The van der Waals surface area contributed by atoms with Gasteiger partial charge in [0, 0.05) is 0 Å². The quantitative estimate of drug-likeness (QED) is 0.587. The summed E-state index contributed by atoms with van der Waals surface area (Å²) in [7, 11) is -0.427. The van der Waals surface area contributed by atoms with E-state index in [0.717, 1.165) is 11.1 Å². The Balaban J connectivity index is 2.98. The fraction of sp³-hybridized carbons (Fsp3) is 0.471. The number of hydrogen-bond donors (Lipinski definition) is 0. The Morgan fingerprint density at radius 1 is 1.29 bits per heavy atom. The number of hydrogen-bond acceptors (Lipinski definition) is 3. The van der Waals surface area contributed by atoms with Crippen LogP contribution in [0, 0.1) is 0 Å². The van der Waals surface area contributed by atoms with Crippen molar-refractivity contribution in [1.82, 2.24) is 0 Å². The molecule has 0 saturated carbocycles. The molecule has 0 heterocycles. The lowest BCUT2D eigenvalue weighted by molar-refractivity contribution is 0.0600. The SMILES string of the molecule is C=Cc1cc(CO[Si](C)(C)C(C)(C)C)cc(C(=O)OC)c1. The van der Waals surface area contributed by atoms with E-state index in [-0.39, 0.29) is 11.0 Å². The van der Waals surface area contributed by atoms with Gasteiger partial charge in [0.2, 0.25) is 0 Å². The van der Waals surface area contributed by atoms with Gasteiger partial charge in [-0.3, -0.25) is 0 Å². The summed E-state index contributed by atoms with van der Waals surface area (Å²) in [6.07, 6.45) is 1.72. The second kappa shape index (κ2) is 6.58. The van der Waals surface area contributed by atoms with Crippen molar-refractivity contribution in [1.29, 1.82) is 0 Å². The van der Waals surface area contributed by atoms with Gasteiger partial charge in [-0.25, -0.2) is 4.79 Å². The Bertz CT molecular complexity index is 527.